The van der Waals surface area contributed by atoms with Gasteiger partial charge in [-0.05, 0) is 69.7 Å². The number of carbonyl (C=O) groups is 1. The standard InChI is InChI=1S/C33H45N3O4S/c1-5-7-8-9-14-23-36-32(39)35(30(37)29(34-36)25-27-17-11-10-12-18-27)22-15-13-19-26-20-16-21-28(24-26)41-33(3,4)31(38)40-6-2/h10-12,16-18,20-21,24H,5-9,13-15,19,22-23,25H2,1-4H3. The summed E-state index contributed by atoms with van der Waals surface area (Å²) in [7, 11) is 0. The van der Waals surface area contributed by atoms with Crippen LogP contribution in [0.5, 0.6) is 0 Å². The van der Waals surface area contributed by atoms with Gasteiger partial charge in [-0.1, -0.05) is 75.1 Å². The lowest BCUT2D eigenvalue weighted by Crippen LogP contribution is -2.43. The Bertz CT molecular complexity index is 1360. The Morgan fingerprint density at radius 1 is 0.878 bits per heavy atom. The summed E-state index contributed by atoms with van der Waals surface area (Å²) in [6.45, 7) is 8.99. The minimum absolute atomic E-state index is 0.226. The highest BCUT2D eigenvalue weighted by Gasteiger charge is 2.30. The van der Waals surface area contributed by atoms with Crippen LogP contribution in [0.2, 0.25) is 0 Å². The number of rotatable bonds is 17. The molecule has 0 aliphatic carbocycles. The Labute approximate surface area is 248 Å². The molecule has 0 saturated carbocycles. The number of aryl methyl sites for hydroxylation is 2. The molecule has 41 heavy (non-hydrogen) atoms. The van der Waals surface area contributed by atoms with Crippen molar-refractivity contribution in [2.75, 3.05) is 6.61 Å². The molecule has 0 radical (unpaired) electrons. The van der Waals surface area contributed by atoms with Crippen molar-refractivity contribution in [3.8, 4) is 0 Å². The fourth-order valence-electron chi connectivity index (χ4n) is 4.73. The van der Waals surface area contributed by atoms with Crippen LogP contribution in [0.4, 0.5) is 0 Å². The van der Waals surface area contributed by atoms with Gasteiger partial charge in [-0.2, -0.15) is 5.10 Å². The lowest BCUT2D eigenvalue weighted by atomic mass is 10.1. The summed E-state index contributed by atoms with van der Waals surface area (Å²) >= 11 is 1.49. The third kappa shape index (κ3) is 10.0. The molecule has 0 fully saturated rings. The van der Waals surface area contributed by atoms with Crippen LogP contribution in [0.25, 0.3) is 0 Å². The predicted molar refractivity (Wildman–Crippen MR) is 167 cm³/mol. The van der Waals surface area contributed by atoms with E-state index >= 15 is 0 Å². The van der Waals surface area contributed by atoms with Crippen LogP contribution in [0, 0.1) is 0 Å². The average molecular weight is 580 g/mol. The number of hydrogen-bond acceptors (Lipinski definition) is 6. The normalized spacial score (nSPS) is 11.5. The van der Waals surface area contributed by atoms with Crippen molar-refractivity contribution >= 4 is 17.7 Å². The molecule has 7 nitrogen and oxygen atoms in total. The molecule has 0 N–H and O–H groups in total. The predicted octanol–water partition coefficient (Wildman–Crippen LogP) is 6.42. The molecule has 0 aliphatic heterocycles. The fourth-order valence-corrected chi connectivity index (χ4v) is 5.81. The molecule has 0 atom stereocenters. The molecule has 0 bridgehead atoms. The number of carbonyl (C=O) groups excluding carboxylic acids is 1. The highest BCUT2D eigenvalue weighted by molar-refractivity contribution is 8.01. The molecular formula is C33H45N3O4S. The first kappa shape index (κ1) is 32.4. The van der Waals surface area contributed by atoms with Gasteiger partial charge < -0.3 is 4.74 Å². The Morgan fingerprint density at radius 3 is 2.32 bits per heavy atom. The van der Waals surface area contributed by atoms with E-state index in [0.29, 0.717) is 38.2 Å². The average Bonchev–Trinajstić information content (AvgIpc) is 2.95. The van der Waals surface area contributed by atoms with Gasteiger partial charge in [0.05, 0.1) is 6.61 Å². The minimum Gasteiger partial charge on any atom is -0.465 e. The molecule has 3 rings (SSSR count). The van der Waals surface area contributed by atoms with Crippen molar-refractivity contribution in [2.45, 2.75) is 108 Å². The van der Waals surface area contributed by atoms with E-state index in [1.54, 1.807) is 0 Å². The first-order valence-corrected chi connectivity index (χ1v) is 15.8. The van der Waals surface area contributed by atoms with Gasteiger partial charge in [-0.15, -0.1) is 11.8 Å². The van der Waals surface area contributed by atoms with E-state index in [1.165, 1.54) is 33.9 Å². The summed E-state index contributed by atoms with van der Waals surface area (Å²) in [5, 5.41) is 4.52. The van der Waals surface area contributed by atoms with E-state index in [-0.39, 0.29) is 17.2 Å². The van der Waals surface area contributed by atoms with Crippen LogP contribution in [-0.4, -0.2) is 31.7 Å². The second-order valence-corrected chi connectivity index (χ2v) is 12.6. The Kier molecular flexibility index (Phi) is 12.9. The van der Waals surface area contributed by atoms with Gasteiger partial charge >= 0.3 is 11.7 Å². The van der Waals surface area contributed by atoms with Crippen LogP contribution in [-0.2, 0) is 35.5 Å². The van der Waals surface area contributed by atoms with E-state index in [0.717, 1.165) is 48.1 Å². The molecule has 0 unspecified atom stereocenters. The summed E-state index contributed by atoms with van der Waals surface area (Å²) in [6, 6.07) is 18.0. The Morgan fingerprint density at radius 2 is 1.59 bits per heavy atom. The van der Waals surface area contributed by atoms with Gasteiger partial charge in [0.15, 0.2) is 0 Å². The number of ether oxygens (including phenoxy) is 1. The Hall–Kier alpha value is -3.13. The van der Waals surface area contributed by atoms with Crippen molar-refractivity contribution in [1.82, 2.24) is 14.3 Å². The van der Waals surface area contributed by atoms with Crippen molar-refractivity contribution < 1.29 is 9.53 Å². The molecule has 0 saturated heterocycles. The number of benzene rings is 2. The smallest absolute Gasteiger partial charge is 0.347 e. The van der Waals surface area contributed by atoms with Crippen LogP contribution >= 0.6 is 11.8 Å². The SMILES string of the molecule is CCCCCCCn1nc(Cc2ccccc2)c(=O)n(CCCCc2cccc(SC(C)(C)C(=O)OCC)c2)c1=O. The molecule has 0 spiro atoms. The zero-order chi connectivity index (χ0) is 29.7. The van der Waals surface area contributed by atoms with Gasteiger partial charge in [0.1, 0.15) is 10.4 Å². The number of aromatic nitrogens is 3. The highest BCUT2D eigenvalue weighted by atomic mass is 32.2. The highest BCUT2D eigenvalue weighted by Crippen LogP contribution is 2.34. The molecule has 2 aromatic carbocycles. The number of esters is 1. The molecular weight excluding hydrogens is 534 g/mol. The van der Waals surface area contributed by atoms with Gasteiger partial charge in [0.25, 0.3) is 5.56 Å². The second kappa shape index (κ2) is 16.3. The second-order valence-electron chi connectivity index (χ2n) is 10.9. The summed E-state index contributed by atoms with van der Waals surface area (Å²) in [4.78, 5) is 39.9. The molecule has 1 heterocycles. The van der Waals surface area contributed by atoms with Gasteiger partial charge in [-0.25, -0.2) is 9.48 Å². The minimum atomic E-state index is -0.676. The quantitative estimate of drug-likeness (QED) is 0.104. The maximum absolute atomic E-state index is 13.4. The molecule has 8 heteroatoms. The van der Waals surface area contributed by atoms with Crippen LogP contribution < -0.4 is 11.2 Å². The largest absolute Gasteiger partial charge is 0.465 e. The first-order valence-electron chi connectivity index (χ1n) is 14.9. The first-order chi connectivity index (χ1) is 19.7. The third-order valence-electron chi connectivity index (χ3n) is 7.01. The van der Waals surface area contributed by atoms with Crippen LogP contribution in [0.1, 0.15) is 89.5 Å². The topological polar surface area (TPSA) is 83.2 Å². The maximum atomic E-state index is 13.4. The lowest BCUT2D eigenvalue weighted by molar-refractivity contribution is -0.145. The number of nitrogens with zero attached hydrogens (tertiary/aromatic N) is 3. The molecule has 3 aromatic rings. The maximum Gasteiger partial charge on any atom is 0.347 e. The van der Waals surface area contributed by atoms with E-state index in [1.807, 2.05) is 63.2 Å². The number of hydrogen-bond donors (Lipinski definition) is 0. The molecule has 0 amide bonds. The summed E-state index contributed by atoms with van der Waals surface area (Å²) in [6.07, 6.45) is 8.16. The zero-order valence-electron chi connectivity index (χ0n) is 25.1. The van der Waals surface area contributed by atoms with Crippen molar-refractivity contribution in [1.29, 1.82) is 0 Å². The van der Waals surface area contributed by atoms with Crippen molar-refractivity contribution in [2.24, 2.45) is 0 Å². The number of unbranched alkanes of at least 4 members (excludes halogenated alkanes) is 5. The van der Waals surface area contributed by atoms with E-state index in [9.17, 15) is 14.4 Å². The third-order valence-corrected chi connectivity index (χ3v) is 8.18. The monoisotopic (exact) mass is 579 g/mol. The van der Waals surface area contributed by atoms with Crippen LogP contribution in [0.3, 0.4) is 0 Å². The van der Waals surface area contributed by atoms with Crippen molar-refractivity contribution in [3.05, 3.63) is 92.3 Å². The summed E-state index contributed by atoms with van der Waals surface area (Å²) in [5.74, 6) is -0.226. The van der Waals surface area contributed by atoms with E-state index < -0.39 is 4.75 Å². The number of thioether (sulfide) groups is 1. The summed E-state index contributed by atoms with van der Waals surface area (Å²) in [5.41, 5.74) is 1.97. The van der Waals surface area contributed by atoms with E-state index in [2.05, 4.69) is 24.2 Å². The van der Waals surface area contributed by atoms with Crippen LogP contribution in [0.15, 0.2) is 69.1 Å². The van der Waals surface area contributed by atoms with Crippen molar-refractivity contribution in [3.63, 3.8) is 0 Å². The van der Waals surface area contributed by atoms with Gasteiger partial charge in [0.2, 0.25) is 0 Å². The summed E-state index contributed by atoms with van der Waals surface area (Å²) < 4.78 is 7.42. The molecule has 222 valence electrons. The fraction of sp³-hybridized carbons (Fsp3) is 0.515. The molecule has 0 aliphatic rings. The van der Waals surface area contributed by atoms with Gasteiger partial charge in [0, 0.05) is 24.4 Å². The van der Waals surface area contributed by atoms with Gasteiger partial charge in [-0.3, -0.25) is 14.2 Å². The van der Waals surface area contributed by atoms with E-state index in [4.69, 9.17) is 4.74 Å². The lowest BCUT2D eigenvalue weighted by Gasteiger charge is -2.21. The molecule has 1 aromatic heterocycles. The zero-order valence-corrected chi connectivity index (χ0v) is 25.9. The Balaban J connectivity index is 1.68.